The topological polar surface area (TPSA) is 154 Å². The first-order chi connectivity index (χ1) is 19.9. The Morgan fingerprint density at radius 2 is 1.98 bits per heavy atom. The molecule has 1 aromatic heterocycles. The molecule has 2 aromatic rings. The second kappa shape index (κ2) is 19.4. The Bertz CT molecular complexity index is 1270. The van der Waals surface area contributed by atoms with Gasteiger partial charge in [0.15, 0.2) is 11.3 Å². The van der Waals surface area contributed by atoms with Gasteiger partial charge >= 0.3 is 6.09 Å². The third kappa shape index (κ3) is 13.9. The number of ether oxygens (including phenoxy) is 2. The minimum atomic E-state index is -1.61. The number of rotatable bonds is 13. The molecule has 42 heavy (non-hydrogen) atoms. The van der Waals surface area contributed by atoms with E-state index in [9.17, 15) is 9.59 Å². The second-order valence-electron chi connectivity index (χ2n) is 8.71. The molecule has 14 heteroatoms. The number of allylic oxidation sites excluding steroid dienone is 4. The van der Waals surface area contributed by atoms with Gasteiger partial charge in [0, 0.05) is 29.6 Å². The van der Waals surface area contributed by atoms with E-state index in [2.05, 4.69) is 46.3 Å². The van der Waals surface area contributed by atoms with Crippen molar-refractivity contribution in [2.75, 3.05) is 13.2 Å². The van der Waals surface area contributed by atoms with Crippen LogP contribution in [0.3, 0.4) is 0 Å². The van der Waals surface area contributed by atoms with E-state index in [1.807, 2.05) is 44.2 Å². The van der Waals surface area contributed by atoms with E-state index in [1.165, 1.54) is 5.57 Å². The predicted molar refractivity (Wildman–Crippen MR) is 174 cm³/mol. The summed E-state index contributed by atoms with van der Waals surface area (Å²) in [4.78, 5) is 26.3. The summed E-state index contributed by atoms with van der Waals surface area (Å²) in [5, 5.41) is 9.59. The lowest BCUT2D eigenvalue weighted by atomic mass is 10.0. The smallest absolute Gasteiger partial charge is 0.435 e. The molecule has 2 amide bonds. The van der Waals surface area contributed by atoms with Crippen LogP contribution in [0.1, 0.15) is 57.9 Å². The van der Waals surface area contributed by atoms with Crippen molar-refractivity contribution in [1.29, 1.82) is 0 Å². The SMILES string of the molecule is C=C(/C=C\C/C(C)=C\C)NC(C(=O)NSN)c1cc(OCC)c2oc(CCC)cc2c1.N/C=N\C(=O)OCC(Cl)(Cl)Cl. The van der Waals surface area contributed by atoms with E-state index in [0.717, 1.165) is 54.4 Å². The van der Waals surface area contributed by atoms with Crippen molar-refractivity contribution >= 4 is 76.2 Å². The molecule has 0 radical (unpaired) electrons. The molecule has 0 aliphatic carbocycles. The second-order valence-corrected chi connectivity index (χ2v) is 11.7. The van der Waals surface area contributed by atoms with Gasteiger partial charge in [-0.15, -0.1) is 0 Å². The summed E-state index contributed by atoms with van der Waals surface area (Å²) in [7, 11) is 0. The molecule has 1 aromatic carbocycles. The lowest BCUT2D eigenvalue weighted by molar-refractivity contribution is -0.121. The molecule has 0 spiro atoms. The summed E-state index contributed by atoms with van der Waals surface area (Å²) in [5.41, 5.74) is 8.10. The summed E-state index contributed by atoms with van der Waals surface area (Å²) in [6, 6.07) is 5.10. The number of furan rings is 1. The Morgan fingerprint density at radius 1 is 1.26 bits per heavy atom. The van der Waals surface area contributed by atoms with Crippen molar-refractivity contribution in [2.24, 2.45) is 15.9 Å². The lowest BCUT2D eigenvalue weighted by Crippen LogP contribution is -2.34. The summed E-state index contributed by atoms with van der Waals surface area (Å²) >= 11 is 16.5. The van der Waals surface area contributed by atoms with Crippen molar-refractivity contribution in [3.05, 3.63) is 65.6 Å². The number of benzene rings is 1. The maximum atomic E-state index is 12.8. The summed E-state index contributed by atoms with van der Waals surface area (Å²) in [6.45, 7) is 12.3. The standard InChI is InChI=1S/C24H33N3O3S.C4H5Cl3N2O2/c1-6-10-20-14-19-13-18(15-21(29-8-3)23(19)30-20)22(24(28)27-31-25)26-17(5)12-9-11-16(4)7-2;5-4(6,7)1-11-3(10)9-2-8/h7,9,12-15,22,26H,5-6,8,10-11,25H2,1-4H3,(H,27,28);2H,1H2,(H2,8,9,10)/b12-9-,16-7-;. The van der Waals surface area contributed by atoms with Gasteiger partial charge in [-0.05, 0) is 63.5 Å². The quantitative estimate of drug-likeness (QED) is 0.0445. The number of hydrogen-bond donors (Lipinski definition) is 4. The number of fused-ring (bicyclic) bond motifs is 1. The minimum Gasteiger partial charge on any atom is -0.490 e. The third-order valence-electron chi connectivity index (χ3n) is 5.33. The number of amides is 2. The van der Waals surface area contributed by atoms with Crippen LogP contribution in [0, 0.1) is 0 Å². The number of hydrogen-bond acceptors (Lipinski definition) is 8. The predicted octanol–water partition coefficient (Wildman–Crippen LogP) is 6.96. The van der Waals surface area contributed by atoms with Crippen molar-refractivity contribution in [3.63, 3.8) is 0 Å². The Kier molecular flexibility index (Phi) is 17.2. The van der Waals surface area contributed by atoms with E-state index < -0.39 is 15.9 Å². The Labute approximate surface area is 266 Å². The van der Waals surface area contributed by atoms with Crippen molar-refractivity contribution in [1.82, 2.24) is 10.0 Å². The Morgan fingerprint density at radius 3 is 2.55 bits per heavy atom. The van der Waals surface area contributed by atoms with Crippen LogP contribution in [0.2, 0.25) is 0 Å². The van der Waals surface area contributed by atoms with Crippen LogP contribution in [-0.2, 0) is 16.0 Å². The number of alkyl halides is 3. The first-order valence-electron chi connectivity index (χ1n) is 12.9. The molecule has 1 atom stereocenters. The zero-order chi connectivity index (χ0) is 31.7. The van der Waals surface area contributed by atoms with Gasteiger partial charge in [0.2, 0.25) is 3.79 Å². The molecule has 2 rings (SSSR count). The van der Waals surface area contributed by atoms with Crippen LogP contribution in [-0.4, -0.2) is 35.3 Å². The molecular formula is C28H38Cl3N5O5S. The summed E-state index contributed by atoms with van der Waals surface area (Å²) in [5.74, 6) is 1.24. The van der Waals surface area contributed by atoms with Crippen LogP contribution in [0.5, 0.6) is 5.75 Å². The molecule has 0 saturated carbocycles. The van der Waals surface area contributed by atoms with Gasteiger partial charge in [-0.3, -0.25) is 14.7 Å². The lowest BCUT2D eigenvalue weighted by Gasteiger charge is -2.20. The average Bonchev–Trinajstić information content (AvgIpc) is 3.34. The van der Waals surface area contributed by atoms with Gasteiger partial charge in [0.05, 0.1) is 12.9 Å². The van der Waals surface area contributed by atoms with Gasteiger partial charge < -0.3 is 24.9 Å². The monoisotopic (exact) mass is 661 g/mol. The zero-order valence-electron chi connectivity index (χ0n) is 24.0. The number of aryl methyl sites for hydroxylation is 1. The molecule has 6 N–H and O–H groups in total. The molecule has 0 aliphatic heterocycles. The molecule has 0 fully saturated rings. The Balaban J connectivity index is 0.000000679. The Hall–Kier alpha value is -2.83. The summed E-state index contributed by atoms with van der Waals surface area (Å²) in [6.07, 6.45) is 8.51. The highest BCUT2D eigenvalue weighted by molar-refractivity contribution is 7.95. The zero-order valence-corrected chi connectivity index (χ0v) is 27.1. The highest BCUT2D eigenvalue weighted by Crippen LogP contribution is 2.34. The van der Waals surface area contributed by atoms with E-state index in [0.29, 0.717) is 23.6 Å². The molecule has 0 saturated heterocycles. The normalized spacial score (nSPS) is 12.6. The maximum Gasteiger partial charge on any atom is 0.435 e. The van der Waals surface area contributed by atoms with Crippen molar-refractivity contribution in [2.45, 2.75) is 56.8 Å². The van der Waals surface area contributed by atoms with E-state index in [1.54, 1.807) is 0 Å². The fourth-order valence-electron chi connectivity index (χ4n) is 3.39. The van der Waals surface area contributed by atoms with E-state index in [4.69, 9.17) is 54.8 Å². The van der Waals surface area contributed by atoms with E-state index >= 15 is 0 Å². The number of nitrogens with two attached hydrogens (primary N) is 2. The highest BCUT2D eigenvalue weighted by Gasteiger charge is 2.24. The third-order valence-corrected chi connectivity index (χ3v) is 5.97. The molecule has 0 bridgehead atoms. The highest BCUT2D eigenvalue weighted by atomic mass is 35.6. The molecule has 1 heterocycles. The molecule has 0 aliphatic rings. The fraction of sp³-hybridized carbons (Fsp3) is 0.393. The van der Waals surface area contributed by atoms with Gasteiger partial charge in [0.25, 0.3) is 5.91 Å². The number of halogens is 3. The first kappa shape index (κ1) is 37.2. The minimum absolute atomic E-state index is 0.272. The van der Waals surface area contributed by atoms with Crippen LogP contribution in [0.15, 0.2) is 63.7 Å². The maximum absolute atomic E-state index is 12.8. The van der Waals surface area contributed by atoms with Gasteiger partial charge in [0.1, 0.15) is 18.4 Å². The van der Waals surface area contributed by atoms with Gasteiger partial charge in [-0.2, -0.15) is 4.99 Å². The van der Waals surface area contributed by atoms with Gasteiger partial charge in [-0.25, -0.2) is 4.79 Å². The number of nitrogens with one attached hydrogen (secondary N) is 2. The van der Waals surface area contributed by atoms with Crippen LogP contribution in [0.25, 0.3) is 11.0 Å². The van der Waals surface area contributed by atoms with Gasteiger partial charge in [-0.1, -0.05) is 66.0 Å². The van der Waals surface area contributed by atoms with Crippen LogP contribution < -0.4 is 25.6 Å². The molecule has 1 unspecified atom stereocenters. The fourth-order valence-corrected chi connectivity index (χ4v) is 3.79. The van der Waals surface area contributed by atoms with Crippen LogP contribution >= 0.6 is 46.9 Å². The molecule has 232 valence electrons. The largest absolute Gasteiger partial charge is 0.490 e. The molecular weight excluding hydrogens is 625 g/mol. The van der Waals surface area contributed by atoms with Crippen molar-refractivity contribution < 1.29 is 23.5 Å². The number of carbonyl (C=O) groups is 2. The number of nitrogens with zero attached hydrogens (tertiary/aromatic N) is 1. The first-order valence-corrected chi connectivity index (χ1v) is 15.0. The summed E-state index contributed by atoms with van der Waals surface area (Å²) < 4.78 is 17.2. The van der Waals surface area contributed by atoms with Crippen LogP contribution in [0.4, 0.5) is 4.79 Å². The number of carbonyl (C=O) groups excluding carboxylic acids is 2. The average molecular weight is 663 g/mol. The number of aliphatic imine (C=N–C) groups is 1. The van der Waals surface area contributed by atoms with E-state index in [-0.39, 0.29) is 12.5 Å². The van der Waals surface area contributed by atoms with Crippen molar-refractivity contribution in [3.8, 4) is 5.75 Å². The molecule has 10 nitrogen and oxygen atoms in total.